The largest absolute Gasteiger partial charge is 0.445 e. The Bertz CT molecular complexity index is 1060. The summed E-state index contributed by atoms with van der Waals surface area (Å²) in [5.41, 5.74) is 1.27. The highest BCUT2D eigenvalue weighted by Crippen LogP contribution is 2.24. The Kier molecular flexibility index (Phi) is 12.5. The van der Waals surface area contributed by atoms with Crippen molar-refractivity contribution in [2.45, 2.75) is 64.6 Å². The van der Waals surface area contributed by atoms with E-state index in [1.165, 1.54) is 13.8 Å². The first-order valence-corrected chi connectivity index (χ1v) is 12.9. The molecule has 0 heterocycles. The van der Waals surface area contributed by atoms with Crippen LogP contribution in [0.2, 0.25) is 0 Å². The Morgan fingerprint density at radius 1 is 1.05 bits per heavy atom. The molecule has 2 aromatic carbocycles. The summed E-state index contributed by atoms with van der Waals surface area (Å²) in [6.07, 6.45) is 3.83. The summed E-state index contributed by atoms with van der Waals surface area (Å²) in [6, 6.07) is 16.3. The zero-order valence-corrected chi connectivity index (χ0v) is 22.3. The fourth-order valence-corrected chi connectivity index (χ4v) is 3.90. The van der Waals surface area contributed by atoms with Crippen LogP contribution in [0.3, 0.4) is 0 Å². The third-order valence-corrected chi connectivity index (χ3v) is 6.37. The van der Waals surface area contributed by atoms with Gasteiger partial charge in [0.25, 0.3) is 0 Å². The molecule has 4 N–H and O–H groups in total. The number of amides is 3. The normalized spacial score (nSPS) is 13.9. The number of hydrogen-bond acceptors (Lipinski definition) is 6. The molecule has 0 fully saturated rings. The number of carbonyl (C=O) groups excluding carboxylic acids is 4. The first-order valence-electron chi connectivity index (χ1n) is 12.9. The van der Waals surface area contributed by atoms with Crippen molar-refractivity contribution in [1.82, 2.24) is 16.0 Å². The number of rotatable bonds is 15. The summed E-state index contributed by atoms with van der Waals surface area (Å²) in [5.74, 6) is -1.67. The van der Waals surface area contributed by atoms with Gasteiger partial charge in [-0.1, -0.05) is 74.4 Å². The van der Waals surface area contributed by atoms with Gasteiger partial charge in [0.1, 0.15) is 18.2 Å². The number of ether oxygens (including phenoxy) is 1. The van der Waals surface area contributed by atoms with E-state index in [9.17, 15) is 24.3 Å². The number of hydrogen-bond donors (Lipinski definition) is 4. The van der Waals surface area contributed by atoms with Gasteiger partial charge in [0.2, 0.25) is 18.1 Å². The monoisotopic (exact) mass is 524 g/mol. The van der Waals surface area contributed by atoms with Gasteiger partial charge in [-0.05, 0) is 37.0 Å². The molecule has 0 saturated heterocycles. The highest BCUT2D eigenvalue weighted by molar-refractivity contribution is 5.85. The maximum atomic E-state index is 12.6. The van der Waals surface area contributed by atoms with Crippen molar-refractivity contribution in [2.24, 2.45) is 5.92 Å². The molecule has 9 nitrogen and oxygen atoms in total. The van der Waals surface area contributed by atoms with E-state index in [1.54, 1.807) is 6.29 Å². The SMILES string of the molecule is CCCCCC(=O)N[C@@](C)([C]=O)C(CO)CNC(=O)[C@H](C)NC(=O)OCc1ccccc1-c1ccccc1. The minimum Gasteiger partial charge on any atom is -0.445 e. The molecule has 205 valence electrons. The zero-order chi connectivity index (χ0) is 28.0. The number of nitrogens with one attached hydrogen (secondary N) is 3. The molecule has 0 aromatic heterocycles. The molecule has 0 saturated carbocycles. The quantitative estimate of drug-likeness (QED) is 0.264. The molecule has 0 aliphatic rings. The molecule has 0 aliphatic heterocycles. The topological polar surface area (TPSA) is 134 Å². The van der Waals surface area contributed by atoms with Gasteiger partial charge in [-0.15, -0.1) is 0 Å². The molecule has 0 bridgehead atoms. The average Bonchev–Trinajstić information content (AvgIpc) is 2.92. The number of carbonyl (C=O) groups is 3. The first kappa shape index (κ1) is 30.5. The van der Waals surface area contributed by atoms with Crippen LogP contribution >= 0.6 is 0 Å². The maximum absolute atomic E-state index is 12.6. The van der Waals surface area contributed by atoms with Crippen molar-refractivity contribution in [3.63, 3.8) is 0 Å². The fourth-order valence-electron chi connectivity index (χ4n) is 3.90. The van der Waals surface area contributed by atoms with Gasteiger partial charge in [0.15, 0.2) is 0 Å². The third kappa shape index (κ3) is 9.30. The van der Waals surface area contributed by atoms with E-state index in [4.69, 9.17) is 4.74 Å². The Morgan fingerprint density at radius 2 is 1.74 bits per heavy atom. The molecular formula is C29H38N3O6. The van der Waals surface area contributed by atoms with E-state index in [2.05, 4.69) is 16.0 Å². The predicted molar refractivity (Wildman–Crippen MR) is 145 cm³/mol. The summed E-state index contributed by atoms with van der Waals surface area (Å²) >= 11 is 0. The van der Waals surface area contributed by atoms with E-state index < -0.39 is 36.1 Å². The van der Waals surface area contributed by atoms with Crippen molar-refractivity contribution in [1.29, 1.82) is 0 Å². The van der Waals surface area contributed by atoms with Crippen LogP contribution in [0, 0.1) is 5.92 Å². The molecule has 2 rings (SSSR count). The van der Waals surface area contributed by atoms with Crippen LogP contribution in [0.25, 0.3) is 11.1 Å². The van der Waals surface area contributed by atoms with E-state index in [1.807, 2.05) is 61.5 Å². The Labute approximate surface area is 224 Å². The van der Waals surface area contributed by atoms with Crippen molar-refractivity contribution in [3.05, 3.63) is 60.2 Å². The lowest BCUT2D eigenvalue weighted by atomic mass is 9.86. The molecule has 9 heteroatoms. The minimum atomic E-state index is -1.48. The van der Waals surface area contributed by atoms with Crippen LogP contribution in [0.1, 0.15) is 52.0 Å². The first-order chi connectivity index (χ1) is 18.2. The van der Waals surface area contributed by atoms with Crippen LogP contribution in [0.4, 0.5) is 4.79 Å². The summed E-state index contributed by atoms with van der Waals surface area (Å²) in [7, 11) is 0. The van der Waals surface area contributed by atoms with E-state index in [-0.39, 0.29) is 25.5 Å². The third-order valence-electron chi connectivity index (χ3n) is 6.37. The Hall–Kier alpha value is -3.72. The molecular weight excluding hydrogens is 486 g/mol. The summed E-state index contributed by atoms with van der Waals surface area (Å²) in [6.45, 7) is 4.41. The van der Waals surface area contributed by atoms with Crippen LogP contribution in [0.15, 0.2) is 54.6 Å². The lowest BCUT2D eigenvalue weighted by Crippen LogP contribution is -2.57. The summed E-state index contributed by atoms with van der Waals surface area (Å²) in [5, 5.41) is 17.5. The molecule has 3 atom stereocenters. The maximum Gasteiger partial charge on any atom is 0.408 e. The van der Waals surface area contributed by atoms with Crippen molar-refractivity contribution >= 4 is 24.2 Å². The summed E-state index contributed by atoms with van der Waals surface area (Å²) < 4.78 is 5.34. The second-order valence-electron chi connectivity index (χ2n) is 9.40. The van der Waals surface area contributed by atoms with Crippen LogP contribution < -0.4 is 16.0 Å². The van der Waals surface area contributed by atoms with Gasteiger partial charge in [0.05, 0.1) is 6.61 Å². The van der Waals surface area contributed by atoms with Crippen LogP contribution in [-0.2, 0) is 25.7 Å². The zero-order valence-electron chi connectivity index (χ0n) is 22.3. The average molecular weight is 525 g/mol. The fraction of sp³-hybridized carbons (Fsp3) is 0.448. The van der Waals surface area contributed by atoms with E-state index in [0.717, 1.165) is 29.5 Å². The number of unbranched alkanes of at least 4 members (excludes halogenated alkanes) is 2. The lowest BCUT2D eigenvalue weighted by Gasteiger charge is -2.32. The lowest BCUT2D eigenvalue weighted by molar-refractivity contribution is -0.123. The van der Waals surface area contributed by atoms with E-state index >= 15 is 0 Å². The van der Waals surface area contributed by atoms with Gasteiger partial charge in [-0.25, -0.2) is 4.79 Å². The van der Waals surface area contributed by atoms with Gasteiger partial charge in [-0.2, -0.15) is 0 Å². The van der Waals surface area contributed by atoms with Crippen molar-refractivity contribution in [2.75, 3.05) is 13.2 Å². The minimum absolute atomic E-state index is 0.0172. The number of aliphatic hydroxyl groups is 1. The van der Waals surface area contributed by atoms with Crippen LogP contribution in [-0.4, -0.2) is 54.0 Å². The summed E-state index contributed by atoms with van der Waals surface area (Å²) in [4.78, 5) is 48.8. The molecule has 1 unspecified atom stereocenters. The predicted octanol–water partition coefficient (Wildman–Crippen LogP) is 3.26. The van der Waals surface area contributed by atoms with Gasteiger partial charge in [-0.3, -0.25) is 14.4 Å². The Balaban J connectivity index is 1.87. The molecule has 2 aromatic rings. The van der Waals surface area contributed by atoms with Crippen molar-refractivity contribution in [3.8, 4) is 11.1 Å². The number of alkyl carbamates (subject to hydrolysis) is 1. The number of aliphatic hydroxyl groups excluding tert-OH is 1. The molecule has 0 aliphatic carbocycles. The second-order valence-corrected chi connectivity index (χ2v) is 9.40. The van der Waals surface area contributed by atoms with Gasteiger partial charge >= 0.3 is 6.09 Å². The standard InChI is InChI=1S/C29H38N3O6/c1-4-5-7-16-26(35)32-29(3,20-34)24(18-33)17-30-27(36)21(2)31-28(37)38-19-23-14-10-11-15-25(23)22-12-8-6-9-13-22/h6,8-15,21,24,33H,4-5,7,16-19H2,1-3H3,(H,30,36)(H,31,37)(H,32,35)/t21-,24?,29-/m0/s1. The van der Waals surface area contributed by atoms with Crippen LogP contribution in [0.5, 0.6) is 0 Å². The van der Waals surface area contributed by atoms with Gasteiger partial charge in [0, 0.05) is 18.9 Å². The van der Waals surface area contributed by atoms with Gasteiger partial charge < -0.3 is 25.8 Å². The smallest absolute Gasteiger partial charge is 0.408 e. The van der Waals surface area contributed by atoms with E-state index in [0.29, 0.717) is 6.42 Å². The highest BCUT2D eigenvalue weighted by Gasteiger charge is 2.36. The number of benzene rings is 2. The molecule has 38 heavy (non-hydrogen) atoms. The molecule has 3 amide bonds. The second kappa shape index (κ2) is 15.5. The molecule has 1 radical (unpaired) electrons. The molecule has 0 spiro atoms. The van der Waals surface area contributed by atoms with Crippen molar-refractivity contribution < 1.29 is 29.0 Å². The Morgan fingerprint density at radius 3 is 2.39 bits per heavy atom. The highest BCUT2D eigenvalue weighted by atomic mass is 16.5.